The highest BCUT2D eigenvalue weighted by Crippen LogP contribution is 2.50. The first-order valence-electron chi connectivity index (χ1n) is 11.7. The minimum Gasteiger partial charge on any atom is -0.310 e. The van der Waals surface area contributed by atoms with Crippen LogP contribution in [0.3, 0.4) is 0 Å². The van der Waals surface area contributed by atoms with E-state index in [9.17, 15) is 0 Å². The molecular weight excluding hydrogens is 546 g/mol. The van der Waals surface area contributed by atoms with E-state index in [2.05, 4.69) is 155 Å². The molecule has 3 heteroatoms. The summed E-state index contributed by atoms with van der Waals surface area (Å²) < 4.78 is 2.15. The van der Waals surface area contributed by atoms with Gasteiger partial charge in [0.05, 0.1) is 0 Å². The van der Waals surface area contributed by atoms with E-state index < -0.39 is 0 Å². The second-order valence-electron chi connectivity index (χ2n) is 10.5. The molecule has 0 N–H and O–H groups in total. The van der Waals surface area contributed by atoms with E-state index in [0.717, 1.165) is 26.0 Å². The molecule has 0 radical (unpaired) electrons. The Morgan fingerprint density at radius 3 is 1.68 bits per heavy atom. The summed E-state index contributed by atoms with van der Waals surface area (Å²) in [5.74, 6) is 0. The quantitative estimate of drug-likeness (QED) is 0.234. The molecule has 0 spiro atoms. The first-order valence-corrected chi connectivity index (χ1v) is 13.3. The monoisotopic (exact) mass is 573 g/mol. The summed E-state index contributed by atoms with van der Waals surface area (Å²) in [6, 6.07) is 32.9. The molecule has 4 aromatic rings. The highest BCUT2D eigenvalue weighted by molar-refractivity contribution is 9.10. The number of benzene rings is 4. The van der Waals surface area contributed by atoms with Gasteiger partial charge in [0.2, 0.25) is 0 Å². The summed E-state index contributed by atoms with van der Waals surface area (Å²) in [5, 5.41) is 0. The third-order valence-corrected chi connectivity index (χ3v) is 8.03. The third kappa shape index (κ3) is 4.36. The number of fused-ring (bicyclic) bond motifs is 1. The van der Waals surface area contributed by atoms with Crippen LogP contribution >= 0.6 is 31.9 Å². The van der Waals surface area contributed by atoms with Crippen LogP contribution in [0, 0.1) is 0 Å². The lowest BCUT2D eigenvalue weighted by Gasteiger charge is -2.26. The van der Waals surface area contributed by atoms with Gasteiger partial charge < -0.3 is 4.90 Å². The Morgan fingerprint density at radius 2 is 1.09 bits per heavy atom. The standard InChI is InChI=1S/C31H29Br2N/c1-30(2)20-31(3,4)29-19-22(8-17-28(29)30)21-6-5-7-27(18-21)34(25-13-9-23(32)10-14-25)26-15-11-24(33)12-16-26/h5-19H,20H2,1-4H3. The molecule has 1 aliphatic rings. The van der Waals surface area contributed by atoms with Crippen LogP contribution in [0.5, 0.6) is 0 Å². The molecule has 0 unspecified atom stereocenters. The molecule has 5 rings (SSSR count). The Kier molecular flexibility index (Phi) is 5.98. The van der Waals surface area contributed by atoms with Crippen molar-refractivity contribution in [1.29, 1.82) is 0 Å². The van der Waals surface area contributed by atoms with E-state index in [4.69, 9.17) is 0 Å². The summed E-state index contributed by atoms with van der Waals surface area (Å²) in [6.45, 7) is 9.50. The largest absolute Gasteiger partial charge is 0.310 e. The topological polar surface area (TPSA) is 3.24 Å². The summed E-state index contributed by atoms with van der Waals surface area (Å²) in [5.41, 5.74) is 9.29. The number of nitrogens with zero attached hydrogens (tertiary/aromatic N) is 1. The van der Waals surface area contributed by atoms with Crippen molar-refractivity contribution in [1.82, 2.24) is 0 Å². The minimum atomic E-state index is 0.188. The second kappa shape index (κ2) is 8.70. The van der Waals surface area contributed by atoms with Gasteiger partial charge in [0, 0.05) is 26.0 Å². The van der Waals surface area contributed by atoms with E-state index in [0.29, 0.717) is 0 Å². The molecule has 0 amide bonds. The van der Waals surface area contributed by atoms with Gasteiger partial charge in [-0.1, -0.05) is 89.9 Å². The SMILES string of the molecule is CC1(C)CC(C)(C)c2cc(-c3cccc(N(c4ccc(Br)cc4)c4ccc(Br)cc4)c3)ccc21. The number of anilines is 3. The Balaban J connectivity index is 1.61. The van der Waals surface area contributed by atoms with Crippen LogP contribution < -0.4 is 4.90 Å². The lowest BCUT2D eigenvalue weighted by Crippen LogP contribution is -2.17. The van der Waals surface area contributed by atoms with E-state index >= 15 is 0 Å². The lowest BCUT2D eigenvalue weighted by molar-refractivity contribution is 0.403. The van der Waals surface area contributed by atoms with Crippen LogP contribution in [0.1, 0.15) is 45.2 Å². The van der Waals surface area contributed by atoms with Crippen LogP contribution in [0.2, 0.25) is 0 Å². The fraction of sp³-hybridized carbons (Fsp3) is 0.226. The van der Waals surface area contributed by atoms with Gasteiger partial charge in [-0.15, -0.1) is 0 Å². The van der Waals surface area contributed by atoms with Crippen LogP contribution in [-0.4, -0.2) is 0 Å². The van der Waals surface area contributed by atoms with Crippen molar-refractivity contribution in [2.75, 3.05) is 4.90 Å². The van der Waals surface area contributed by atoms with E-state index in [-0.39, 0.29) is 10.8 Å². The third-order valence-electron chi connectivity index (χ3n) is 6.97. The van der Waals surface area contributed by atoms with Crippen LogP contribution in [0.15, 0.2) is 99.9 Å². The highest BCUT2D eigenvalue weighted by atomic mass is 79.9. The van der Waals surface area contributed by atoms with Gasteiger partial charge in [-0.25, -0.2) is 0 Å². The maximum absolute atomic E-state index is 3.58. The van der Waals surface area contributed by atoms with Crippen LogP contribution in [-0.2, 0) is 10.8 Å². The molecule has 0 fully saturated rings. The molecule has 172 valence electrons. The van der Waals surface area contributed by atoms with Gasteiger partial charge in [0.25, 0.3) is 0 Å². The zero-order valence-corrected chi connectivity index (χ0v) is 23.2. The lowest BCUT2D eigenvalue weighted by atomic mass is 9.82. The van der Waals surface area contributed by atoms with Crippen molar-refractivity contribution >= 4 is 48.9 Å². The molecule has 0 saturated heterocycles. The van der Waals surface area contributed by atoms with E-state index in [1.807, 2.05) is 0 Å². The fourth-order valence-electron chi connectivity index (χ4n) is 5.62. The average molecular weight is 575 g/mol. The first kappa shape index (κ1) is 23.4. The zero-order chi connectivity index (χ0) is 24.1. The minimum absolute atomic E-state index is 0.188. The van der Waals surface area contributed by atoms with Gasteiger partial charge in [0.1, 0.15) is 0 Å². The molecule has 1 nitrogen and oxygen atoms in total. The van der Waals surface area contributed by atoms with Gasteiger partial charge >= 0.3 is 0 Å². The molecule has 0 bridgehead atoms. The van der Waals surface area contributed by atoms with Crippen molar-refractivity contribution in [2.45, 2.75) is 44.9 Å². The van der Waals surface area contributed by atoms with E-state index in [1.54, 1.807) is 0 Å². The van der Waals surface area contributed by atoms with Crippen molar-refractivity contribution in [3.63, 3.8) is 0 Å². The summed E-state index contributed by atoms with van der Waals surface area (Å²) >= 11 is 7.15. The maximum Gasteiger partial charge on any atom is 0.0467 e. The molecule has 0 atom stereocenters. The number of rotatable bonds is 4. The van der Waals surface area contributed by atoms with Crippen molar-refractivity contribution in [3.8, 4) is 11.1 Å². The van der Waals surface area contributed by atoms with Crippen LogP contribution in [0.25, 0.3) is 11.1 Å². The smallest absolute Gasteiger partial charge is 0.0467 e. The Bertz CT molecular complexity index is 1290. The van der Waals surface area contributed by atoms with Crippen LogP contribution in [0.4, 0.5) is 17.1 Å². The Labute approximate surface area is 220 Å². The summed E-state index contributed by atoms with van der Waals surface area (Å²) in [7, 11) is 0. The predicted octanol–water partition coefficient (Wildman–Crippen LogP) is 10.3. The molecule has 0 aromatic heterocycles. The van der Waals surface area contributed by atoms with Gasteiger partial charge in [0.15, 0.2) is 0 Å². The van der Waals surface area contributed by atoms with Gasteiger partial charge in [-0.05, 0) is 100 Å². The van der Waals surface area contributed by atoms with Gasteiger partial charge in [-0.2, -0.15) is 0 Å². The Morgan fingerprint density at radius 1 is 0.559 bits per heavy atom. The molecule has 0 saturated carbocycles. The first-order chi connectivity index (χ1) is 16.1. The maximum atomic E-state index is 3.58. The molecule has 34 heavy (non-hydrogen) atoms. The number of hydrogen-bond acceptors (Lipinski definition) is 1. The van der Waals surface area contributed by atoms with Gasteiger partial charge in [-0.3, -0.25) is 0 Å². The molecule has 0 aliphatic heterocycles. The highest BCUT2D eigenvalue weighted by Gasteiger charge is 2.41. The van der Waals surface area contributed by atoms with Crippen molar-refractivity contribution in [3.05, 3.63) is 111 Å². The molecular formula is C31H29Br2N. The Hall–Kier alpha value is -2.36. The second-order valence-corrected chi connectivity index (χ2v) is 12.4. The molecule has 4 aromatic carbocycles. The molecule has 0 heterocycles. The summed E-state index contributed by atoms with van der Waals surface area (Å²) in [4.78, 5) is 2.31. The number of halogens is 2. The zero-order valence-electron chi connectivity index (χ0n) is 20.1. The number of hydrogen-bond donors (Lipinski definition) is 0. The molecule has 1 aliphatic carbocycles. The van der Waals surface area contributed by atoms with Crippen molar-refractivity contribution in [2.24, 2.45) is 0 Å². The summed E-state index contributed by atoms with van der Waals surface area (Å²) in [6.07, 6.45) is 1.18. The normalized spacial score (nSPS) is 15.7. The van der Waals surface area contributed by atoms with Crippen molar-refractivity contribution < 1.29 is 0 Å². The fourth-order valence-corrected chi connectivity index (χ4v) is 6.15. The average Bonchev–Trinajstić information content (AvgIpc) is 3.00. The predicted molar refractivity (Wildman–Crippen MR) is 153 cm³/mol. The van der Waals surface area contributed by atoms with E-state index in [1.165, 1.54) is 28.7 Å².